The van der Waals surface area contributed by atoms with E-state index in [9.17, 15) is 4.79 Å². The van der Waals surface area contributed by atoms with Crippen LogP contribution in [0.1, 0.15) is 0 Å². The number of nitrogens with zero attached hydrogens (tertiary/aromatic N) is 1. The number of benzene rings is 1. The van der Waals surface area contributed by atoms with Gasteiger partial charge >= 0.3 is 0 Å². The van der Waals surface area contributed by atoms with Gasteiger partial charge < -0.3 is 15.0 Å². The molecule has 0 atom stereocenters. The Kier molecular flexibility index (Phi) is 2.04. The molecule has 14 heavy (non-hydrogen) atoms. The Hall–Kier alpha value is -1.71. The molecule has 0 saturated carbocycles. The molecule has 74 valence electrons. The van der Waals surface area contributed by atoms with Crippen LogP contribution in [0.5, 0.6) is 5.75 Å². The molecule has 0 saturated heterocycles. The molecular weight excluding hydrogens is 180 g/mol. The lowest BCUT2D eigenvalue weighted by molar-refractivity contribution is -0.120. The maximum atomic E-state index is 11.3. The van der Waals surface area contributed by atoms with Gasteiger partial charge in [-0.15, -0.1) is 0 Å². The smallest absolute Gasteiger partial charge is 0.264 e. The predicted molar refractivity (Wildman–Crippen MR) is 54.9 cm³/mol. The maximum Gasteiger partial charge on any atom is 0.264 e. The highest BCUT2D eigenvalue weighted by molar-refractivity contribution is 5.98. The molecular formula is C10H12N2O2. The second-order valence-corrected chi connectivity index (χ2v) is 3.15. The third-order valence-corrected chi connectivity index (χ3v) is 2.34. The molecule has 1 aromatic carbocycles. The Morgan fingerprint density at radius 2 is 2.29 bits per heavy atom. The first-order valence-electron chi connectivity index (χ1n) is 4.44. The summed E-state index contributed by atoms with van der Waals surface area (Å²) in [6, 6.07) is 5.68. The van der Waals surface area contributed by atoms with E-state index in [1.807, 2.05) is 25.2 Å². The summed E-state index contributed by atoms with van der Waals surface area (Å²) in [5, 5.41) is 3.03. The number of fused-ring (bicyclic) bond motifs is 1. The van der Waals surface area contributed by atoms with E-state index in [1.165, 1.54) is 0 Å². The molecule has 0 bridgehead atoms. The third-order valence-electron chi connectivity index (χ3n) is 2.34. The molecule has 0 spiro atoms. The van der Waals surface area contributed by atoms with Crippen LogP contribution in [-0.4, -0.2) is 26.6 Å². The first-order chi connectivity index (χ1) is 6.74. The Morgan fingerprint density at radius 1 is 1.50 bits per heavy atom. The molecule has 0 fully saturated rings. The summed E-state index contributed by atoms with van der Waals surface area (Å²) in [6.45, 7) is 0.113. The number of ether oxygens (including phenoxy) is 1. The van der Waals surface area contributed by atoms with Crippen LogP contribution in [0.2, 0.25) is 0 Å². The normalized spacial score (nSPS) is 14.7. The van der Waals surface area contributed by atoms with Crippen molar-refractivity contribution in [3.05, 3.63) is 18.2 Å². The van der Waals surface area contributed by atoms with Gasteiger partial charge in [-0.25, -0.2) is 0 Å². The van der Waals surface area contributed by atoms with E-state index < -0.39 is 0 Å². The molecule has 0 unspecified atom stereocenters. The number of carbonyl (C=O) groups excluding carboxylic acids is 1. The van der Waals surface area contributed by atoms with Crippen molar-refractivity contribution in [3.8, 4) is 5.75 Å². The predicted octanol–water partition coefficient (Wildman–Crippen LogP) is 1.08. The van der Waals surface area contributed by atoms with Gasteiger partial charge in [-0.1, -0.05) is 6.07 Å². The number of carbonyl (C=O) groups is 1. The lowest BCUT2D eigenvalue weighted by Crippen LogP contribution is -2.35. The van der Waals surface area contributed by atoms with Crippen LogP contribution in [0.3, 0.4) is 0 Å². The zero-order valence-corrected chi connectivity index (χ0v) is 8.20. The van der Waals surface area contributed by atoms with E-state index in [1.54, 1.807) is 11.9 Å². The number of rotatable bonds is 1. The van der Waals surface area contributed by atoms with Gasteiger partial charge in [0.2, 0.25) is 0 Å². The van der Waals surface area contributed by atoms with Crippen molar-refractivity contribution in [2.24, 2.45) is 0 Å². The fourth-order valence-electron chi connectivity index (χ4n) is 1.50. The zero-order chi connectivity index (χ0) is 10.1. The molecule has 1 aliphatic rings. The van der Waals surface area contributed by atoms with Gasteiger partial charge in [0.05, 0.1) is 11.4 Å². The van der Waals surface area contributed by atoms with Gasteiger partial charge in [0, 0.05) is 14.1 Å². The molecule has 1 heterocycles. The number of anilines is 2. The van der Waals surface area contributed by atoms with Gasteiger partial charge in [-0.05, 0) is 12.1 Å². The number of nitrogens with one attached hydrogen (secondary N) is 1. The van der Waals surface area contributed by atoms with Crippen molar-refractivity contribution in [2.45, 2.75) is 0 Å². The fourth-order valence-corrected chi connectivity index (χ4v) is 1.50. The molecule has 0 aromatic heterocycles. The van der Waals surface area contributed by atoms with E-state index >= 15 is 0 Å². The molecule has 1 N–H and O–H groups in total. The molecule has 4 nitrogen and oxygen atoms in total. The van der Waals surface area contributed by atoms with Crippen LogP contribution in [-0.2, 0) is 4.79 Å². The monoisotopic (exact) mass is 192 g/mol. The summed E-state index contributed by atoms with van der Waals surface area (Å²) < 4.78 is 5.37. The lowest BCUT2D eigenvalue weighted by atomic mass is 10.2. The quantitative estimate of drug-likeness (QED) is 0.724. The summed E-state index contributed by atoms with van der Waals surface area (Å²) >= 11 is 0. The van der Waals surface area contributed by atoms with E-state index in [0.717, 1.165) is 17.1 Å². The molecule has 1 aromatic rings. The van der Waals surface area contributed by atoms with E-state index in [2.05, 4.69) is 5.32 Å². The molecule has 2 rings (SSSR count). The van der Waals surface area contributed by atoms with Gasteiger partial charge in [-0.2, -0.15) is 0 Å². The van der Waals surface area contributed by atoms with Crippen LogP contribution in [0, 0.1) is 0 Å². The van der Waals surface area contributed by atoms with Crippen LogP contribution >= 0.6 is 0 Å². The summed E-state index contributed by atoms with van der Waals surface area (Å²) in [6.07, 6.45) is 0. The van der Waals surface area contributed by atoms with Crippen molar-refractivity contribution >= 4 is 17.3 Å². The molecule has 4 heteroatoms. The number of para-hydroxylation sites is 1. The van der Waals surface area contributed by atoms with Crippen molar-refractivity contribution in [1.82, 2.24) is 0 Å². The Labute approximate surface area is 82.5 Å². The van der Waals surface area contributed by atoms with Crippen molar-refractivity contribution in [1.29, 1.82) is 0 Å². The number of likely N-dealkylation sites (N-methyl/N-ethyl adjacent to an activating group) is 1. The molecule has 1 amide bonds. The number of hydrogen-bond donors (Lipinski definition) is 1. The minimum absolute atomic E-state index is 0.0225. The van der Waals surface area contributed by atoms with E-state index in [-0.39, 0.29) is 12.5 Å². The minimum atomic E-state index is -0.0225. The van der Waals surface area contributed by atoms with E-state index in [0.29, 0.717) is 0 Å². The SMILES string of the molecule is CNc1cccc2c1OCC(=O)N2C. The van der Waals surface area contributed by atoms with Crippen LogP contribution in [0.15, 0.2) is 18.2 Å². The zero-order valence-electron chi connectivity index (χ0n) is 8.20. The standard InChI is InChI=1S/C10H12N2O2/c1-11-7-4-3-5-8-10(7)14-6-9(13)12(8)2/h3-5,11H,6H2,1-2H3. The molecule has 1 aliphatic heterocycles. The maximum absolute atomic E-state index is 11.3. The van der Waals surface area contributed by atoms with Crippen molar-refractivity contribution in [2.75, 3.05) is 30.9 Å². The highest BCUT2D eigenvalue weighted by atomic mass is 16.5. The number of amides is 1. The van der Waals surface area contributed by atoms with Crippen LogP contribution in [0.4, 0.5) is 11.4 Å². The largest absolute Gasteiger partial charge is 0.479 e. The van der Waals surface area contributed by atoms with Gasteiger partial charge in [0.15, 0.2) is 12.4 Å². The van der Waals surface area contributed by atoms with Crippen LogP contribution in [0.25, 0.3) is 0 Å². The first kappa shape index (κ1) is 8.87. The minimum Gasteiger partial charge on any atom is -0.479 e. The topological polar surface area (TPSA) is 41.6 Å². The molecule has 0 radical (unpaired) electrons. The van der Waals surface area contributed by atoms with Gasteiger partial charge in [0.1, 0.15) is 0 Å². The fraction of sp³-hybridized carbons (Fsp3) is 0.300. The Bertz CT molecular complexity index is 376. The average molecular weight is 192 g/mol. The van der Waals surface area contributed by atoms with Crippen molar-refractivity contribution in [3.63, 3.8) is 0 Å². The second kappa shape index (κ2) is 3.21. The van der Waals surface area contributed by atoms with Gasteiger partial charge in [-0.3, -0.25) is 4.79 Å². The Balaban J connectivity index is 2.52. The second-order valence-electron chi connectivity index (χ2n) is 3.15. The first-order valence-corrected chi connectivity index (χ1v) is 4.44. The lowest BCUT2D eigenvalue weighted by Gasteiger charge is -2.27. The van der Waals surface area contributed by atoms with E-state index in [4.69, 9.17) is 4.74 Å². The summed E-state index contributed by atoms with van der Waals surface area (Å²) in [5.41, 5.74) is 1.72. The molecule has 0 aliphatic carbocycles. The highest BCUT2D eigenvalue weighted by Gasteiger charge is 2.23. The third kappa shape index (κ3) is 1.19. The Morgan fingerprint density at radius 3 is 3.00 bits per heavy atom. The highest BCUT2D eigenvalue weighted by Crippen LogP contribution is 2.37. The number of hydrogen-bond acceptors (Lipinski definition) is 3. The summed E-state index contributed by atoms with van der Waals surface area (Å²) in [4.78, 5) is 12.9. The van der Waals surface area contributed by atoms with Gasteiger partial charge in [0.25, 0.3) is 5.91 Å². The van der Waals surface area contributed by atoms with Crippen LogP contribution < -0.4 is 15.0 Å². The summed E-state index contributed by atoms with van der Waals surface area (Å²) in [7, 11) is 3.58. The summed E-state index contributed by atoms with van der Waals surface area (Å²) in [5.74, 6) is 0.725. The average Bonchev–Trinajstić information content (AvgIpc) is 2.23. The van der Waals surface area contributed by atoms with Crippen molar-refractivity contribution < 1.29 is 9.53 Å².